The first-order valence-corrected chi connectivity index (χ1v) is 6.71. The van der Waals surface area contributed by atoms with Crippen LogP contribution in [0.25, 0.3) is 0 Å². The topological polar surface area (TPSA) is 0 Å². The van der Waals surface area contributed by atoms with E-state index >= 15 is 0 Å². The third-order valence-electron chi connectivity index (χ3n) is 2.25. The van der Waals surface area contributed by atoms with E-state index in [1.807, 2.05) is 0 Å². The molecule has 0 amide bonds. The molecular weight excluding hydrogens is 211 g/mol. The van der Waals surface area contributed by atoms with Crippen LogP contribution in [-0.2, 0) is 0 Å². The van der Waals surface area contributed by atoms with Gasteiger partial charge in [-0.25, -0.2) is 0 Å². The first kappa shape index (κ1) is 12.5. The Hall–Kier alpha value is 0.519. The molecule has 0 atom stereocenters. The van der Waals surface area contributed by atoms with Gasteiger partial charge in [-0.1, -0.05) is 0 Å². The van der Waals surface area contributed by atoms with Crippen molar-refractivity contribution in [2.45, 2.75) is 70.0 Å². The molecule has 1 radical (unpaired) electrons. The van der Waals surface area contributed by atoms with Crippen molar-refractivity contribution >= 4 is 16.0 Å². The van der Waals surface area contributed by atoms with E-state index in [1.54, 1.807) is 0 Å². The maximum atomic E-state index is 3.06. The first-order chi connectivity index (χ1) is 5.91. The van der Waals surface area contributed by atoms with Gasteiger partial charge in [-0.3, -0.25) is 0 Å². The van der Waals surface area contributed by atoms with E-state index in [4.69, 9.17) is 0 Å². The molecule has 0 unspecified atom stereocenters. The van der Waals surface area contributed by atoms with Crippen molar-refractivity contribution in [1.29, 1.82) is 0 Å². The Morgan fingerprint density at radius 2 is 1.08 bits per heavy atom. The standard InChI is InChI=1S/C11H23Se/c1-2-3-4-5-6-7-8-9-10-11-12/h2-11H2,1H3. The van der Waals surface area contributed by atoms with E-state index in [2.05, 4.69) is 22.9 Å². The molecule has 0 aromatic carbocycles. The SMILES string of the molecule is CCCCCCCCCCC[Se]. The summed E-state index contributed by atoms with van der Waals surface area (Å²) in [5.74, 6) is 0. The van der Waals surface area contributed by atoms with Crippen LogP contribution in [0.2, 0.25) is 5.32 Å². The average Bonchev–Trinajstić information content (AvgIpc) is 2.10. The fourth-order valence-corrected chi connectivity index (χ4v) is 1.84. The van der Waals surface area contributed by atoms with Gasteiger partial charge in [0.1, 0.15) is 0 Å². The molecule has 12 heavy (non-hydrogen) atoms. The van der Waals surface area contributed by atoms with Crippen LogP contribution in [0.3, 0.4) is 0 Å². The molecule has 0 spiro atoms. The van der Waals surface area contributed by atoms with Crippen LogP contribution in [0.1, 0.15) is 64.7 Å². The molecule has 0 saturated heterocycles. The van der Waals surface area contributed by atoms with Crippen LogP contribution in [0.4, 0.5) is 0 Å². The van der Waals surface area contributed by atoms with Gasteiger partial charge >= 0.3 is 86.0 Å². The van der Waals surface area contributed by atoms with E-state index in [0.717, 1.165) is 0 Å². The second-order valence-electron chi connectivity index (χ2n) is 3.53. The van der Waals surface area contributed by atoms with Crippen LogP contribution in [0.5, 0.6) is 0 Å². The van der Waals surface area contributed by atoms with E-state index in [1.165, 1.54) is 63.1 Å². The zero-order valence-corrected chi connectivity index (χ0v) is 10.2. The van der Waals surface area contributed by atoms with Gasteiger partial charge in [0.05, 0.1) is 0 Å². The summed E-state index contributed by atoms with van der Waals surface area (Å²) in [6, 6.07) is 0. The molecule has 0 saturated carbocycles. The van der Waals surface area contributed by atoms with Crippen LogP contribution < -0.4 is 0 Å². The predicted molar refractivity (Wildman–Crippen MR) is 57.8 cm³/mol. The molecular formula is C11H23Se. The Labute approximate surface area is 86.3 Å². The molecule has 0 heterocycles. The fraction of sp³-hybridized carbons (Fsp3) is 1.00. The van der Waals surface area contributed by atoms with Gasteiger partial charge < -0.3 is 0 Å². The van der Waals surface area contributed by atoms with Crippen molar-refractivity contribution in [2.24, 2.45) is 0 Å². The predicted octanol–water partition coefficient (Wildman–Crippen LogP) is 4.10. The molecule has 0 nitrogen and oxygen atoms in total. The summed E-state index contributed by atoms with van der Waals surface area (Å²) >= 11 is 3.06. The Balaban J connectivity index is 2.73. The van der Waals surface area contributed by atoms with E-state index in [-0.39, 0.29) is 0 Å². The molecule has 0 aromatic rings. The molecule has 0 aliphatic heterocycles. The monoisotopic (exact) mass is 235 g/mol. The Bertz CT molecular complexity index is 61.4. The quantitative estimate of drug-likeness (QED) is 0.416. The zero-order chi connectivity index (χ0) is 9.07. The minimum absolute atomic E-state index is 1.25. The Morgan fingerprint density at radius 3 is 1.50 bits per heavy atom. The van der Waals surface area contributed by atoms with Gasteiger partial charge in [0, 0.05) is 0 Å². The third-order valence-corrected chi connectivity index (χ3v) is 2.85. The summed E-state index contributed by atoms with van der Waals surface area (Å²) in [4.78, 5) is 0. The first-order valence-electron chi connectivity index (χ1n) is 5.50. The summed E-state index contributed by atoms with van der Waals surface area (Å²) in [5.41, 5.74) is 0. The summed E-state index contributed by atoms with van der Waals surface area (Å²) in [7, 11) is 0. The van der Waals surface area contributed by atoms with Crippen LogP contribution in [0.15, 0.2) is 0 Å². The van der Waals surface area contributed by atoms with Crippen LogP contribution in [0, 0.1) is 0 Å². The summed E-state index contributed by atoms with van der Waals surface area (Å²) < 4.78 is 0. The second-order valence-corrected chi connectivity index (χ2v) is 4.39. The van der Waals surface area contributed by atoms with E-state index in [0.29, 0.717) is 0 Å². The molecule has 0 bridgehead atoms. The van der Waals surface area contributed by atoms with Crippen molar-refractivity contribution in [1.82, 2.24) is 0 Å². The van der Waals surface area contributed by atoms with Gasteiger partial charge in [-0.2, -0.15) is 0 Å². The van der Waals surface area contributed by atoms with E-state index in [9.17, 15) is 0 Å². The van der Waals surface area contributed by atoms with E-state index < -0.39 is 0 Å². The van der Waals surface area contributed by atoms with Gasteiger partial charge in [0.15, 0.2) is 0 Å². The van der Waals surface area contributed by atoms with Crippen molar-refractivity contribution in [3.8, 4) is 0 Å². The third kappa shape index (κ3) is 10.5. The Kier molecular flexibility index (Phi) is 12.0. The zero-order valence-electron chi connectivity index (χ0n) is 8.48. The van der Waals surface area contributed by atoms with Crippen LogP contribution in [-0.4, -0.2) is 16.0 Å². The molecule has 0 rings (SSSR count). The molecule has 0 N–H and O–H groups in total. The van der Waals surface area contributed by atoms with Gasteiger partial charge in [-0.15, -0.1) is 0 Å². The number of hydrogen-bond donors (Lipinski definition) is 0. The second kappa shape index (κ2) is 11.5. The van der Waals surface area contributed by atoms with Crippen LogP contribution >= 0.6 is 0 Å². The molecule has 0 aliphatic rings. The van der Waals surface area contributed by atoms with Crippen molar-refractivity contribution in [2.75, 3.05) is 0 Å². The average molecular weight is 234 g/mol. The minimum atomic E-state index is 1.25. The molecule has 1 heteroatoms. The fourth-order valence-electron chi connectivity index (χ4n) is 1.41. The molecule has 0 aromatic heterocycles. The molecule has 73 valence electrons. The summed E-state index contributed by atoms with van der Waals surface area (Å²) in [5, 5.41) is 1.25. The van der Waals surface area contributed by atoms with Gasteiger partial charge in [0.2, 0.25) is 0 Å². The summed E-state index contributed by atoms with van der Waals surface area (Å²) in [6.07, 6.45) is 12.9. The van der Waals surface area contributed by atoms with Crippen molar-refractivity contribution in [3.05, 3.63) is 0 Å². The number of unbranched alkanes of at least 4 members (excludes halogenated alkanes) is 8. The van der Waals surface area contributed by atoms with Crippen molar-refractivity contribution in [3.63, 3.8) is 0 Å². The molecule has 0 fully saturated rings. The van der Waals surface area contributed by atoms with Crippen molar-refractivity contribution < 1.29 is 0 Å². The maximum absolute atomic E-state index is 3.06. The normalized spacial score (nSPS) is 10.5. The number of rotatable bonds is 9. The van der Waals surface area contributed by atoms with Gasteiger partial charge in [0.25, 0.3) is 0 Å². The summed E-state index contributed by atoms with van der Waals surface area (Å²) in [6.45, 7) is 2.28. The number of hydrogen-bond acceptors (Lipinski definition) is 0. The Morgan fingerprint density at radius 1 is 0.667 bits per heavy atom. The molecule has 0 aliphatic carbocycles. The van der Waals surface area contributed by atoms with Gasteiger partial charge in [-0.05, 0) is 0 Å².